The van der Waals surface area contributed by atoms with Crippen LogP contribution in [0.1, 0.15) is 51.0 Å². The molecular formula is C21H29ClN2. The highest BCUT2D eigenvalue weighted by atomic mass is 35.5. The molecule has 2 aliphatic heterocycles. The number of fused-ring (bicyclic) bond motifs is 2. The molecule has 1 aliphatic carbocycles. The number of anilines is 1. The summed E-state index contributed by atoms with van der Waals surface area (Å²) < 4.78 is 0. The maximum atomic E-state index is 6.28. The first kappa shape index (κ1) is 16.5. The molecule has 0 bridgehead atoms. The van der Waals surface area contributed by atoms with Gasteiger partial charge in [-0.25, -0.2) is 0 Å². The van der Waals surface area contributed by atoms with Gasteiger partial charge in [-0.2, -0.15) is 0 Å². The van der Waals surface area contributed by atoms with E-state index in [9.17, 15) is 0 Å². The van der Waals surface area contributed by atoms with Crippen molar-refractivity contribution in [1.29, 1.82) is 0 Å². The Balaban J connectivity index is 1.48. The van der Waals surface area contributed by atoms with Crippen LogP contribution in [0.4, 0.5) is 5.69 Å². The van der Waals surface area contributed by atoms with Gasteiger partial charge in [0.05, 0.1) is 0 Å². The minimum Gasteiger partial charge on any atom is -0.384 e. The van der Waals surface area contributed by atoms with Crippen LogP contribution in [0, 0.1) is 5.92 Å². The third kappa shape index (κ3) is 2.99. The van der Waals surface area contributed by atoms with E-state index in [1.54, 1.807) is 0 Å². The summed E-state index contributed by atoms with van der Waals surface area (Å²) in [5, 5.41) is 4.48. The quantitative estimate of drug-likeness (QED) is 0.554. The Hall–Kier alpha value is -0.990. The lowest BCUT2D eigenvalue weighted by Crippen LogP contribution is -2.48. The average Bonchev–Trinajstić information content (AvgIpc) is 2.80. The summed E-state index contributed by atoms with van der Waals surface area (Å²) in [7, 11) is 0. The topological polar surface area (TPSA) is 15.3 Å². The van der Waals surface area contributed by atoms with Crippen molar-refractivity contribution in [3.05, 3.63) is 40.9 Å². The molecule has 2 heterocycles. The first-order valence-electron chi connectivity index (χ1n) is 9.50. The van der Waals surface area contributed by atoms with Gasteiger partial charge in [-0.1, -0.05) is 30.7 Å². The SMILES string of the molecule is C=C1CCC(C)CC(N2CCC3(CC2)CNc2ccc(Cl)cc23)C1. The van der Waals surface area contributed by atoms with Crippen LogP contribution in [0.15, 0.2) is 30.4 Å². The lowest BCUT2D eigenvalue weighted by molar-refractivity contribution is 0.109. The van der Waals surface area contributed by atoms with Crippen molar-refractivity contribution >= 4 is 17.3 Å². The molecule has 0 radical (unpaired) electrons. The van der Waals surface area contributed by atoms with Crippen LogP contribution in [0.3, 0.4) is 0 Å². The molecule has 130 valence electrons. The van der Waals surface area contributed by atoms with Gasteiger partial charge in [0.2, 0.25) is 0 Å². The molecule has 2 fully saturated rings. The van der Waals surface area contributed by atoms with Crippen LogP contribution in [-0.4, -0.2) is 30.6 Å². The number of piperidine rings is 1. The van der Waals surface area contributed by atoms with E-state index in [0.717, 1.165) is 17.5 Å². The Morgan fingerprint density at radius 2 is 2.08 bits per heavy atom. The van der Waals surface area contributed by atoms with Gasteiger partial charge in [-0.05, 0) is 81.3 Å². The third-order valence-electron chi connectivity index (χ3n) is 6.63. The second kappa shape index (κ2) is 6.38. The molecule has 2 nitrogen and oxygen atoms in total. The van der Waals surface area contributed by atoms with E-state index in [1.807, 2.05) is 6.07 Å². The predicted molar refractivity (Wildman–Crippen MR) is 103 cm³/mol. The maximum Gasteiger partial charge on any atom is 0.0410 e. The lowest BCUT2D eigenvalue weighted by Gasteiger charge is -2.43. The smallest absolute Gasteiger partial charge is 0.0410 e. The molecule has 4 rings (SSSR count). The Bertz CT molecular complexity index is 631. The molecule has 3 aliphatic rings. The molecule has 1 aromatic carbocycles. The maximum absolute atomic E-state index is 6.28. The van der Waals surface area contributed by atoms with E-state index in [0.29, 0.717) is 11.5 Å². The number of hydrogen-bond acceptors (Lipinski definition) is 2. The molecule has 1 aromatic rings. The number of benzene rings is 1. The summed E-state index contributed by atoms with van der Waals surface area (Å²) in [6.45, 7) is 10.2. The number of likely N-dealkylation sites (tertiary alicyclic amines) is 1. The summed E-state index contributed by atoms with van der Waals surface area (Å²) in [6.07, 6.45) is 7.58. The number of halogens is 1. The van der Waals surface area contributed by atoms with Gasteiger partial charge in [0.1, 0.15) is 0 Å². The monoisotopic (exact) mass is 344 g/mol. The summed E-state index contributed by atoms with van der Waals surface area (Å²) >= 11 is 6.28. The van der Waals surface area contributed by atoms with Crippen LogP contribution in [0.25, 0.3) is 0 Å². The van der Waals surface area contributed by atoms with E-state index in [-0.39, 0.29) is 0 Å². The largest absolute Gasteiger partial charge is 0.384 e. The lowest BCUT2D eigenvalue weighted by atomic mass is 9.74. The number of hydrogen-bond donors (Lipinski definition) is 1. The summed E-state index contributed by atoms with van der Waals surface area (Å²) in [6, 6.07) is 7.05. The standard InChI is InChI=1S/C21H29ClN2/c1-15-3-4-16(2)12-18(11-15)24-9-7-21(8-10-24)14-23-20-6-5-17(22)13-19(20)21/h5-6,13,16,18,23H,1,3-4,7-12,14H2,2H3. The van der Waals surface area contributed by atoms with Gasteiger partial charge in [0.25, 0.3) is 0 Å². The zero-order chi connectivity index (χ0) is 16.7. The zero-order valence-corrected chi connectivity index (χ0v) is 15.5. The van der Waals surface area contributed by atoms with Crippen molar-refractivity contribution in [2.24, 2.45) is 5.92 Å². The molecule has 1 spiro atoms. The molecule has 1 saturated carbocycles. The molecule has 3 heteroatoms. The Morgan fingerprint density at radius 1 is 1.29 bits per heavy atom. The molecular weight excluding hydrogens is 316 g/mol. The fraction of sp³-hybridized carbons (Fsp3) is 0.619. The molecule has 0 amide bonds. The number of nitrogens with zero attached hydrogens (tertiary/aromatic N) is 1. The van der Waals surface area contributed by atoms with Gasteiger partial charge in [0.15, 0.2) is 0 Å². The second-order valence-corrected chi connectivity index (χ2v) is 8.78. The van der Waals surface area contributed by atoms with Crippen LogP contribution in [-0.2, 0) is 5.41 Å². The first-order chi connectivity index (χ1) is 11.6. The summed E-state index contributed by atoms with van der Waals surface area (Å²) in [5.74, 6) is 0.831. The van der Waals surface area contributed by atoms with Gasteiger partial charge in [-0.3, -0.25) is 4.90 Å². The molecule has 2 unspecified atom stereocenters. The Labute approximate surface area is 151 Å². The van der Waals surface area contributed by atoms with Crippen molar-refractivity contribution in [3.63, 3.8) is 0 Å². The van der Waals surface area contributed by atoms with E-state index in [4.69, 9.17) is 11.6 Å². The second-order valence-electron chi connectivity index (χ2n) is 8.35. The predicted octanol–water partition coefficient (Wildman–Crippen LogP) is 5.23. The Kier molecular flexibility index (Phi) is 4.38. The summed E-state index contributed by atoms with van der Waals surface area (Å²) in [5.41, 5.74) is 4.51. The van der Waals surface area contributed by atoms with E-state index < -0.39 is 0 Å². The van der Waals surface area contributed by atoms with E-state index >= 15 is 0 Å². The summed E-state index contributed by atoms with van der Waals surface area (Å²) in [4.78, 5) is 2.75. The van der Waals surface area contributed by atoms with Crippen molar-refractivity contribution in [2.45, 2.75) is 56.9 Å². The number of rotatable bonds is 1. The zero-order valence-electron chi connectivity index (χ0n) is 14.8. The van der Waals surface area contributed by atoms with Crippen molar-refractivity contribution in [1.82, 2.24) is 4.90 Å². The highest BCUT2D eigenvalue weighted by Gasteiger charge is 2.42. The average molecular weight is 345 g/mol. The molecule has 0 aromatic heterocycles. The van der Waals surface area contributed by atoms with Crippen LogP contribution >= 0.6 is 11.6 Å². The van der Waals surface area contributed by atoms with Crippen molar-refractivity contribution < 1.29 is 0 Å². The highest BCUT2D eigenvalue weighted by Crippen LogP contribution is 2.45. The fourth-order valence-corrected chi connectivity index (χ4v) is 5.23. The van der Waals surface area contributed by atoms with Gasteiger partial charge >= 0.3 is 0 Å². The van der Waals surface area contributed by atoms with E-state index in [2.05, 4.69) is 35.9 Å². The van der Waals surface area contributed by atoms with Gasteiger partial charge in [0, 0.05) is 28.7 Å². The molecule has 1 saturated heterocycles. The molecule has 2 atom stereocenters. The van der Waals surface area contributed by atoms with Crippen LogP contribution in [0.5, 0.6) is 0 Å². The Morgan fingerprint density at radius 3 is 2.88 bits per heavy atom. The molecule has 24 heavy (non-hydrogen) atoms. The highest BCUT2D eigenvalue weighted by molar-refractivity contribution is 6.30. The normalized spacial score (nSPS) is 30.0. The van der Waals surface area contributed by atoms with Crippen molar-refractivity contribution in [2.75, 3.05) is 25.0 Å². The van der Waals surface area contributed by atoms with Crippen molar-refractivity contribution in [3.8, 4) is 0 Å². The fourth-order valence-electron chi connectivity index (χ4n) is 5.06. The van der Waals surface area contributed by atoms with Gasteiger partial charge < -0.3 is 5.32 Å². The number of nitrogens with one attached hydrogen (secondary N) is 1. The minimum atomic E-state index is 0.296. The minimum absolute atomic E-state index is 0.296. The third-order valence-corrected chi connectivity index (χ3v) is 6.87. The van der Waals surface area contributed by atoms with Crippen LogP contribution < -0.4 is 5.32 Å². The van der Waals surface area contributed by atoms with E-state index in [1.165, 1.54) is 68.4 Å². The van der Waals surface area contributed by atoms with Gasteiger partial charge in [-0.15, -0.1) is 0 Å². The first-order valence-corrected chi connectivity index (χ1v) is 9.88. The molecule has 1 N–H and O–H groups in total. The van der Waals surface area contributed by atoms with Crippen LogP contribution in [0.2, 0.25) is 5.02 Å².